The lowest BCUT2D eigenvalue weighted by atomic mass is 10.1. The van der Waals surface area contributed by atoms with Crippen molar-refractivity contribution >= 4 is 23.9 Å². The SMILES string of the molecule is COc1ccc(NC(=O)c2cc(C(=O)N3CCN(C=O)CC3)ccn2)cc1. The van der Waals surface area contributed by atoms with Crippen molar-refractivity contribution in [3.63, 3.8) is 0 Å². The molecule has 0 aliphatic carbocycles. The Morgan fingerprint density at radius 1 is 1.11 bits per heavy atom. The molecule has 0 unspecified atom stereocenters. The van der Waals surface area contributed by atoms with Crippen molar-refractivity contribution in [2.75, 3.05) is 38.6 Å². The highest BCUT2D eigenvalue weighted by molar-refractivity contribution is 6.04. The molecule has 1 aliphatic rings. The van der Waals surface area contributed by atoms with Crippen LogP contribution >= 0.6 is 0 Å². The van der Waals surface area contributed by atoms with Gasteiger partial charge in [0.2, 0.25) is 6.41 Å². The van der Waals surface area contributed by atoms with E-state index in [1.54, 1.807) is 47.2 Å². The number of aromatic nitrogens is 1. The van der Waals surface area contributed by atoms with Crippen LogP contribution in [0.1, 0.15) is 20.8 Å². The molecule has 0 saturated carbocycles. The van der Waals surface area contributed by atoms with Gasteiger partial charge in [0.05, 0.1) is 7.11 Å². The lowest BCUT2D eigenvalue weighted by molar-refractivity contribution is -0.119. The molecule has 1 aromatic heterocycles. The molecule has 0 atom stereocenters. The lowest BCUT2D eigenvalue weighted by Gasteiger charge is -2.32. The van der Waals surface area contributed by atoms with Gasteiger partial charge in [-0.2, -0.15) is 0 Å². The molecule has 140 valence electrons. The summed E-state index contributed by atoms with van der Waals surface area (Å²) in [6, 6.07) is 9.98. The quantitative estimate of drug-likeness (QED) is 0.802. The van der Waals surface area contributed by atoms with Crippen LogP contribution in [0.4, 0.5) is 5.69 Å². The summed E-state index contributed by atoms with van der Waals surface area (Å²) in [5.74, 6) is 0.107. The van der Waals surface area contributed by atoms with E-state index in [1.165, 1.54) is 12.3 Å². The molecule has 3 rings (SSSR count). The monoisotopic (exact) mass is 368 g/mol. The first-order chi connectivity index (χ1) is 13.1. The summed E-state index contributed by atoms with van der Waals surface area (Å²) >= 11 is 0. The number of nitrogens with one attached hydrogen (secondary N) is 1. The minimum atomic E-state index is -0.402. The maximum absolute atomic E-state index is 12.6. The molecule has 2 aromatic rings. The van der Waals surface area contributed by atoms with Crippen LogP contribution in [0.2, 0.25) is 0 Å². The predicted molar refractivity (Wildman–Crippen MR) is 98.7 cm³/mol. The number of amides is 3. The van der Waals surface area contributed by atoms with E-state index in [0.717, 1.165) is 6.41 Å². The van der Waals surface area contributed by atoms with Gasteiger partial charge >= 0.3 is 0 Å². The van der Waals surface area contributed by atoms with Crippen LogP contribution in [0.25, 0.3) is 0 Å². The van der Waals surface area contributed by atoms with E-state index in [9.17, 15) is 14.4 Å². The Hall–Kier alpha value is -3.42. The second-order valence-electron chi connectivity index (χ2n) is 6.05. The minimum absolute atomic E-state index is 0.156. The third-order valence-electron chi connectivity index (χ3n) is 4.34. The highest BCUT2D eigenvalue weighted by atomic mass is 16.5. The maximum atomic E-state index is 12.6. The Morgan fingerprint density at radius 3 is 2.44 bits per heavy atom. The summed E-state index contributed by atoms with van der Waals surface area (Å²) in [7, 11) is 1.57. The zero-order valence-electron chi connectivity index (χ0n) is 14.9. The summed E-state index contributed by atoms with van der Waals surface area (Å²) < 4.78 is 5.08. The fraction of sp³-hybridized carbons (Fsp3) is 0.263. The molecule has 0 spiro atoms. The number of ether oxygens (including phenoxy) is 1. The van der Waals surface area contributed by atoms with Gasteiger partial charge in [-0.15, -0.1) is 0 Å². The van der Waals surface area contributed by atoms with E-state index in [4.69, 9.17) is 4.74 Å². The Labute approximate surface area is 156 Å². The molecule has 1 fully saturated rings. The number of rotatable bonds is 5. The molecule has 3 amide bonds. The summed E-state index contributed by atoms with van der Waals surface area (Å²) in [4.78, 5) is 43.2. The van der Waals surface area contributed by atoms with Crippen molar-refractivity contribution in [3.05, 3.63) is 53.9 Å². The molecule has 8 heteroatoms. The Balaban J connectivity index is 1.68. The number of pyridine rings is 1. The van der Waals surface area contributed by atoms with Gasteiger partial charge in [-0.05, 0) is 36.4 Å². The zero-order chi connectivity index (χ0) is 19.2. The summed E-state index contributed by atoms with van der Waals surface area (Å²) in [6.07, 6.45) is 2.23. The van der Waals surface area contributed by atoms with Crippen LogP contribution in [0, 0.1) is 0 Å². The second-order valence-corrected chi connectivity index (χ2v) is 6.05. The number of nitrogens with zero attached hydrogens (tertiary/aromatic N) is 3. The van der Waals surface area contributed by atoms with Crippen LogP contribution in [0.15, 0.2) is 42.6 Å². The molecule has 0 bridgehead atoms. The summed E-state index contributed by atoms with van der Waals surface area (Å²) in [5, 5.41) is 2.74. The highest BCUT2D eigenvalue weighted by Crippen LogP contribution is 2.16. The van der Waals surface area contributed by atoms with E-state index < -0.39 is 5.91 Å². The van der Waals surface area contributed by atoms with Gasteiger partial charge in [0.1, 0.15) is 11.4 Å². The van der Waals surface area contributed by atoms with Crippen LogP contribution in [-0.4, -0.2) is 66.3 Å². The van der Waals surface area contributed by atoms with Crippen LogP contribution in [0.5, 0.6) is 5.75 Å². The third kappa shape index (κ3) is 4.41. The van der Waals surface area contributed by atoms with E-state index in [2.05, 4.69) is 10.3 Å². The van der Waals surface area contributed by atoms with Gasteiger partial charge in [-0.1, -0.05) is 0 Å². The van der Waals surface area contributed by atoms with E-state index in [1.807, 2.05) is 0 Å². The average molecular weight is 368 g/mol. The van der Waals surface area contributed by atoms with Gasteiger partial charge in [0.15, 0.2) is 0 Å². The third-order valence-corrected chi connectivity index (χ3v) is 4.34. The lowest BCUT2D eigenvalue weighted by Crippen LogP contribution is -2.48. The molecule has 2 heterocycles. The number of hydrogen-bond donors (Lipinski definition) is 1. The number of anilines is 1. The molecular weight excluding hydrogens is 348 g/mol. The first-order valence-electron chi connectivity index (χ1n) is 8.51. The van der Waals surface area contributed by atoms with Crippen molar-refractivity contribution in [2.45, 2.75) is 0 Å². The molecule has 8 nitrogen and oxygen atoms in total. The van der Waals surface area contributed by atoms with Crippen molar-refractivity contribution in [2.24, 2.45) is 0 Å². The van der Waals surface area contributed by atoms with Crippen molar-refractivity contribution in [1.29, 1.82) is 0 Å². The first-order valence-corrected chi connectivity index (χ1v) is 8.51. The Morgan fingerprint density at radius 2 is 1.81 bits per heavy atom. The van der Waals surface area contributed by atoms with Gasteiger partial charge in [0, 0.05) is 43.6 Å². The van der Waals surface area contributed by atoms with Gasteiger partial charge in [0.25, 0.3) is 11.8 Å². The zero-order valence-corrected chi connectivity index (χ0v) is 14.9. The number of methoxy groups -OCH3 is 1. The number of piperazine rings is 1. The standard InChI is InChI=1S/C19H20N4O4/c1-27-16-4-2-15(3-5-16)21-18(25)17-12-14(6-7-20-17)19(26)23-10-8-22(13-24)9-11-23/h2-7,12-13H,8-11H2,1H3,(H,21,25). The van der Waals surface area contributed by atoms with Crippen LogP contribution < -0.4 is 10.1 Å². The highest BCUT2D eigenvalue weighted by Gasteiger charge is 2.22. The molecular formula is C19H20N4O4. The van der Waals surface area contributed by atoms with Gasteiger partial charge in [-0.25, -0.2) is 0 Å². The fourth-order valence-electron chi connectivity index (χ4n) is 2.77. The molecule has 0 radical (unpaired) electrons. The fourth-order valence-corrected chi connectivity index (χ4v) is 2.77. The Bertz CT molecular complexity index is 830. The summed E-state index contributed by atoms with van der Waals surface area (Å²) in [5.41, 5.74) is 1.15. The van der Waals surface area contributed by atoms with Crippen molar-refractivity contribution in [1.82, 2.24) is 14.8 Å². The maximum Gasteiger partial charge on any atom is 0.274 e. The topological polar surface area (TPSA) is 91.8 Å². The predicted octanol–water partition coefficient (Wildman–Crippen LogP) is 1.26. The average Bonchev–Trinajstić information content (AvgIpc) is 2.74. The van der Waals surface area contributed by atoms with E-state index in [-0.39, 0.29) is 11.6 Å². The van der Waals surface area contributed by atoms with Gasteiger partial charge < -0.3 is 19.9 Å². The number of benzene rings is 1. The number of carbonyl (C=O) groups excluding carboxylic acids is 3. The minimum Gasteiger partial charge on any atom is -0.497 e. The van der Waals surface area contributed by atoms with Crippen LogP contribution in [0.3, 0.4) is 0 Å². The van der Waals surface area contributed by atoms with E-state index >= 15 is 0 Å². The number of hydrogen-bond acceptors (Lipinski definition) is 5. The largest absolute Gasteiger partial charge is 0.497 e. The van der Waals surface area contributed by atoms with Gasteiger partial charge in [-0.3, -0.25) is 19.4 Å². The normalized spacial score (nSPS) is 13.8. The Kier molecular flexibility index (Phi) is 5.65. The van der Waals surface area contributed by atoms with Crippen molar-refractivity contribution in [3.8, 4) is 5.75 Å². The molecule has 1 aromatic carbocycles. The first kappa shape index (κ1) is 18.4. The molecule has 1 aliphatic heterocycles. The molecule has 1 saturated heterocycles. The molecule has 1 N–H and O–H groups in total. The second kappa shape index (κ2) is 8.31. The van der Waals surface area contributed by atoms with Crippen LogP contribution in [-0.2, 0) is 4.79 Å². The smallest absolute Gasteiger partial charge is 0.274 e. The van der Waals surface area contributed by atoms with Crippen molar-refractivity contribution < 1.29 is 19.1 Å². The summed E-state index contributed by atoms with van der Waals surface area (Å²) in [6.45, 7) is 1.94. The number of carbonyl (C=O) groups is 3. The molecule has 27 heavy (non-hydrogen) atoms. The van der Waals surface area contributed by atoms with E-state index in [0.29, 0.717) is 43.2 Å².